The van der Waals surface area contributed by atoms with Crippen molar-refractivity contribution in [1.29, 1.82) is 0 Å². The number of aromatic amines is 1. The Morgan fingerprint density at radius 3 is 2.95 bits per heavy atom. The largest absolute Gasteiger partial charge is 0.456 e. The Morgan fingerprint density at radius 2 is 2.25 bits per heavy atom. The van der Waals surface area contributed by atoms with Gasteiger partial charge in [-0.25, -0.2) is 0 Å². The van der Waals surface area contributed by atoms with Gasteiger partial charge in [-0.3, -0.25) is 15.0 Å². The maximum absolute atomic E-state index is 9.19. The number of rotatable bonds is 4. The molecule has 0 aromatic carbocycles. The number of H-pyrrole nitrogens is 1. The minimum Gasteiger partial charge on any atom is -0.427 e. The molecule has 0 aliphatic carbocycles. The zero-order chi connectivity index (χ0) is 13.9. The van der Waals surface area contributed by atoms with Crippen LogP contribution in [0, 0.1) is 0 Å². The highest BCUT2D eigenvalue weighted by Crippen LogP contribution is 2.24. The minimum atomic E-state index is -1.22. The molecule has 1 aliphatic heterocycles. The van der Waals surface area contributed by atoms with Crippen molar-refractivity contribution >= 4 is 7.12 Å². The van der Waals surface area contributed by atoms with Gasteiger partial charge in [0, 0.05) is 24.3 Å². The number of aromatic nitrogens is 3. The molecule has 1 unspecified atom stereocenters. The van der Waals surface area contributed by atoms with E-state index < -0.39 is 7.12 Å². The molecule has 1 aliphatic rings. The van der Waals surface area contributed by atoms with Crippen LogP contribution in [0.25, 0.3) is 11.4 Å². The second-order valence-corrected chi connectivity index (χ2v) is 5.19. The van der Waals surface area contributed by atoms with Crippen molar-refractivity contribution in [3.05, 3.63) is 36.2 Å². The van der Waals surface area contributed by atoms with Gasteiger partial charge in [-0.15, -0.1) is 0 Å². The van der Waals surface area contributed by atoms with Gasteiger partial charge in [0.05, 0.1) is 5.69 Å². The Hall–Kier alpha value is -1.70. The van der Waals surface area contributed by atoms with E-state index in [9.17, 15) is 10.0 Å². The highest BCUT2D eigenvalue weighted by molar-refractivity contribution is 6.43. The normalized spacial score (nSPS) is 19.4. The van der Waals surface area contributed by atoms with E-state index in [0.29, 0.717) is 6.54 Å². The van der Waals surface area contributed by atoms with E-state index in [-0.39, 0.29) is 5.82 Å². The molecule has 2 aromatic rings. The molecule has 0 radical (unpaired) electrons. The van der Waals surface area contributed by atoms with E-state index in [2.05, 4.69) is 20.1 Å². The van der Waals surface area contributed by atoms with Gasteiger partial charge in [-0.2, -0.15) is 5.10 Å². The third kappa shape index (κ3) is 2.90. The minimum absolute atomic E-state index is 0.0480. The second-order valence-electron chi connectivity index (χ2n) is 5.19. The standard InChI is InChI=1S/C13H17BN4O2/c19-14(20)10-4-6-18(8-10)9-11-7-13(17-16-11)12-3-1-2-5-15-12/h1-3,5,7,10,19-20H,4,6,8-9H2,(H,16,17). The molecule has 0 spiro atoms. The fraction of sp³-hybridized carbons (Fsp3) is 0.385. The van der Waals surface area contributed by atoms with E-state index in [1.165, 1.54) is 0 Å². The van der Waals surface area contributed by atoms with Crippen LogP contribution in [-0.2, 0) is 6.54 Å². The zero-order valence-electron chi connectivity index (χ0n) is 11.1. The van der Waals surface area contributed by atoms with Crippen molar-refractivity contribution in [2.24, 2.45) is 0 Å². The van der Waals surface area contributed by atoms with Crippen molar-refractivity contribution < 1.29 is 10.0 Å². The van der Waals surface area contributed by atoms with Gasteiger partial charge in [0.15, 0.2) is 0 Å². The Kier molecular flexibility index (Phi) is 3.82. The summed E-state index contributed by atoms with van der Waals surface area (Å²) in [4.78, 5) is 6.46. The lowest BCUT2D eigenvalue weighted by molar-refractivity contribution is 0.318. The van der Waals surface area contributed by atoms with E-state index in [1.54, 1.807) is 6.20 Å². The molecule has 0 saturated carbocycles. The first-order chi connectivity index (χ1) is 9.72. The lowest BCUT2D eigenvalue weighted by Crippen LogP contribution is -2.25. The van der Waals surface area contributed by atoms with Crippen LogP contribution in [0.3, 0.4) is 0 Å². The number of likely N-dealkylation sites (tertiary alicyclic amines) is 1. The number of hydrogen-bond acceptors (Lipinski definition) is 5. The number of hydrogen-bond donors (Lipinski definition) is 3. The smallest absolute Gasteiger partial charge is 0.427 e. The van der Waals surface area contributed by atoms with Crippen LogP contribution >= 0.6 is 0 Å². The fourth-order valence-corrected chi connectivity index (χ4v) is 2.58. The summed E-state index contributed by atoms with van der Waals surface area (Å²) in [5.74, 6) is -0.0480. The van der Waals surface area contributed by atoms with Crippen LogP contribution in [0.1, 0.15) is 12.1 Å². The molecule has 7 heteroatoms. The molecule has 104 valence electrons. The van der Waals surface area contributed by atoms with Gasteiger partial charge >= 0.3 is 7.12 Å². The summed E-state index contributed by atoms with van der Waals surface area (Å²) in [7, 11) is -1.22. The third-order valence-electron chi connectivity index (χ3n) is 3.68. The number of nitrogens with zero attached hydrogens (tertiary/aromatic N) is 3. The van der Waals surface area contributed by atoms with E-state index in [4.69, 9.17) is 0 Å². The molecule has 3 N–H and O–H groups in total. The molecule has 6 nitrogen and oxygen atoms in total. The molecule has 1 fully saturated rings. The van der Waals surface area contributed by atoms with Crippen LogP contribution in [0.5, 0.6) is 0 Å². The quantitative estimate of drug-likeness (QED) is 0.706. The van der Waals surface area contributed by atoms with Crippen LogP contribution in [0.4, 0.5) is 0 Å². The Balaban J connectivity index is 1.64. The van der Waals surface area contributed by atoms with Crippen molar-refractivity contribution in [2.45, 2.75) is 18.8 Å². The highest BCUT2D eigenvalue weighted by atomic mass is 16.4. The second kappa shape index (κ2) is 5.74. The lowest BCUT2D eigenvalue weighted by Gasteiger charge is -2.14. The molecule has 1 atom stereocenters. The Labute approximate surface area is 117 Å². The SMILES string of the molecule is OB(O)C1CCN(Cc2cc(-c3ccccn3)n[nH]2)C1. The van der Waals surface area contributed by atoms with Crippen molar-refractivity contribution in [3.8, 4) is 11.4 Å². The predicted molar refractivity (Wildman–Crippen MR) is 75.7 cm³/mol. The Morgan fingerprint density at radius 1 is 1.35 bits per heavy atom. The molecular formula is C13H17BN4O2. The van der Waals surface area contributed by atoms with E-state index in [1.807, 2.05) is 24.3 Å². The van der Waals surface area contributed by atoms with Crippen molar-refractivity contribution in [3.63, 3.8) is 0 Å². The summed E-state index contributed by atoms with van der Waals surface area (Å²) in [6.07, 6.45) is 2.57. The molecule has 3 heterocycles. The number of pyridine rings is 1. The van der Waals surface area contributed by atoms with Crippen LogP contribution in [-0.4, -0.2) is 50.3 Å². The van der Waals surface area contributed by atoms with E-state index >= 15 is 0 Å². The summed E-state index contributed by atoms with van der Waals surface area (Å²) < 4.78 is 0. The molecule has 3 rings (SSSR count). The van der Waals surface area contributed by atoms with Gasteiger partial charge < -0.3 is 10.0 Å². The van der Waals surface area contributed by atoms with Gasteiger partial charge in [0.2, 0.25) is 0 Å². The molecule has 0 amide bonds. The summed E-state index contributed by atoms with van der Waals surface area (Å²) in [6.45, 7) is 2.32. The highest BCUT2D eigenvalue weighted by Gasteiger charge is 2.31. The summed E-state index contributed by atoms with van der Waals surface area (Å²) in [6, 6.07) is 7.73. The summed E-state index contributed by atoms with van der Waals surface area (Å²) in [5.41, 5.74) is 2.69. The van der Waals surface area contributed by atoms with Gasteiger partial charge in [-0.05, 0) is 37.7 Å². The van der Waals surface area contributed by atoms with E-state index in [0.717, 1.165) is 36.6 Å². The maximum atomic E-state index is 9.19. The zero-order valence-corrected chi connectivity index (χ0v) is 11.1. The van der Waals surface area contributed by atoms with Crippen molar-refractivity contribution in [1.82, 2.24) is 20.1 Å². The first kappa shape index (κ1) is 13.3. The topological polar surface area (TPSA) is 85.3 Å². The summed E-state index contributed by atoms with van der Waals surface area (Å²) in [5, 5.41) is 25.7. The van der Waals surface area contributed by atoms with Gasteiger partial charge in [0.25, 0.3) is 0 Å². The maximum Gasteiger partial charge on any atom is 0.456 e. The number of nitrogens with one attached hydrogen (secondary N) is 1. The fourth-order valence-electron chi connectivity index (χ4n) is 2.58. The van der Waals surface area contributed by atoms with Crippen LogP contribution in [0.2, 0.25) is 5.82 Å². The molecule has 0 bridgehead atoms. The summed E-state index contributed by atoms with van der Waals surface area (Å²) >= 11 is 0. The Bertz CT molecular complexity index is 561. The molecule has 1 saturated heterocycles. The van der Waals surface area contributed by atoms with Crippen LogP contribution < -0.4 is 0 Å². The molecular weight excluding hydrogens is 255 g/mol. The predicted octanol–water partition coefficient (Wildman–Crippen LogP) is 0.520. The third-order valence-corrected chi connectivity index (χ3v) is 3.68. The van der Waals surface area contributed by atoms with Gasteiger partial charge in [-0.1, -0.05) is 6.07 Å². The average molecular weight is 272 g/mol. The van der Waals surface area contributed by atoms with Crippen molar-refractivity contribution in [2.75, 3.05) is 13.1 Å². The average Bonchev–Trinajstić information content (AvgIpc) is 3.10. The first-order valence-corrected chi connectivity index (χ1v) is 6.76. The molecule has 20 heavy (non-hydrogen) atoms. The monoisotopic (exact) mass is 272 g/mol. The molecule has 2 aromatic heterocycles. The lowest BCUT2D eigenvalue weighted by atomic mass is 9.72. The van der Waals surface area contributed by atoms with Crippen LogP contribution in [0.15, 0.2) is 30.5 Å². The first-order valence-electron chi connectivity index (χ1n) is 6.76. The van der Waals surface area contributed by atoms with Gasteiger partial charge in [0.1, 0.15) is 5.69 Å².